The van der Waals surface area contributed by atoms with Gasteiger partial charge < -0.3 is 14.8 Å². The van der Waals surface area contributed by atoms with Crippen LogP contribution in [0.1, 0.15) is 43.2 Å². The molecule has 4 heteroatoms. The topological polar surface area (TPSA) is 30.5 Å². The fraction of sp³-hybridized carbons (Fsp3) is 0.571. The summed E-state index contributed by atoms with van der Waals surface area (Å²) in [7, 11) is 0. The molecule has 0 aliphatic carbocycles. The minimum Gasteiger partial charge on any atom is -0.453 e. The summed E-state index contributed by atoms with van der Waals surface area (Å²) < 4.78 is 11.1. The lowest BCUT2D eigenvalue weighted by atomic mass is 9.87. The van der Waals surface area contributed by atoms with E-state index in [2.05, 4.69) is 25.2 Å². The van der Waals surface area contributed by atoms with E-state index in [0.717, 1.165) is 31.0 Å². The third-order valence-corrected chi connectivity index (χ3v) is 4.03. The molecule has 1 unspecified atom stereocenters. The average molecular weight is 268 g/mol. The van der Waals surface area contributed by atoms with Gasteiger partial charge >= 0.3 is 0 Å². The zero-order valence-corrected chi connectivity index (χ0v) is 11.5. The van der Waals surface area contributed by atoms with Gasteiger partial charge in [0.1, 0.15) is 0 Å². The highest BCUT2D eigenvalue weighted by Crippen LogP contribution is 2.48. The molecule has 1 saturated heterocycles. The summed E-state index contributed by atoms with van der Waals surface area (Å²) in [5.41, 5.74) is 2.59. The van der Waals surface area contributed by atoms with Crippen LogP contribution < -0.4 is 14.8 Å². The third-order valence-electron chi connectivity index (χ3n) is 3.75. The lowest BCUT2D eigenvalue weighted by Gasteiger charge is -2.20. The van der Waals surface area contributed by atoms with E-state index in [-0.39, 0.29) is 6.79 Å². The second-order valence-corrected chi connectivity index (χ2v) is 5.68. The van der Waals surface area contributed by atoms with E-state index in [9.17, 15) is 0 Å². The van der Waals surface area contributed by atoms with Gasteiger partial charge in [-0.15, -0.1) is 0 Å². The van der Waals surface area contributed by atoms with Gasteiger partial charge in [-0.05, 0) is 36.4 Å². The Morgan fingerprint density at radius 2 is 2.11 bits per heavy atom. The van der Waals surface area contributed by atoms with Crippen molar-refractivity contribution in [3.05, 3.63) is 22.2 Å². The van der Waals surface area contributed by atoms with Crippen LogP contribution in [0.25, 0.3) is 0 Å². The summed E-state index contributed by atoms with van der Waals surface area (Å²) in [5.74, 6) is 2.53. The molecular weight excluding hydrogens is 250 g/mol. The van der Waals surface area contributed by atoms with Crippen molar-refractivity contribution >= 4 is 11.6 Å². The molecule has 0 spiro atoms. The van der Waals surface area contributed by atoms with Gasteiger partial charge in [0.05, 0.1) is 5.02 Å². The second-order valence-electron chi connectivity index (χ2n) is 5.27. The lowest BCUT2D eigenvalue weighted by Crippen LogP contribution is -2.10. The van der Waals surface area contributed by atoms with Crippen LogP contribution in [-0.2, 0) is 0 Å². The van der Waals surface area contributed by atoms with Gasteiger partial charge in [-0.1, -0.05) is 25.4 Å². The molecule has 3 rings (SSSR count). The number of halogens is 1. The van der Waals surface area contributed by atoms with Gasteiger partial charge in [0.15, 0.2) is 11.5 Å². The summed E-state index contributed by atoms with van der Waals surface area (Å²) in [4.78, 5) is 0. The Labute approximate surface area is 112 Å². The van der Waals surface area contributed by atoms with Crippen LogP contribution in [-0.4, -0.2) is 19.9 Å². The molecule has 98 valence electrons. The van der Waals surface area contributed by atoms with Crippen LogP contribution in [0.3, 0.4) is 0 Å². The van der Waals surface area contributed by atoms with Crippen LogP contribution >= 0.6 is 11.6 Å². The minimum absolute atomic E-state index is 0.279. The summed E-state index contributed by atoms with van der Waals surface area (Å²) >= 11 is 6.30. The van der Waals surface area contributed by atoms with E-state index < -0.39 is 0 Å². The minimum atomic E-state index is 0.279. The molecule has 2 aliphatic heterocycles. The number of hydrogen-bond acceptors (Lipinski definition) is 3. The van der Waals surface area contributed by atoms with Crippen LogP contribution in [0.2, 0.25) is 5.02 Å². The molecule has 0 aromatic heterocycles. The summed E-state index contributed by atoms with van der Waals surface area (Å²) in [6.45, 7) is 6.76. The van der Waals surface area contributed by atoms with Gasteiger partial charge in [-0.2, -0.15) is 0 Å². The van der Waals surface area contributed by atoms with Crippen molar-refractivity contribution < 1.29 is 9.47 Å². The summed E-state index contributed by atoms with van der Waals surface area (Å²) in [6.07, 6.45) is 1.16. The van der Waals surface area contributed by atoms with E-state index in [0.29, 0.717) is 16.9 Å². The van der Waals surface area contributed by atoms with E-state index >= 15 is 0 Å². The number of ether oxygens (including phenoxy) is 2. The molecule has 0 radical (unpaired) electrons. The van der Waals surface area contributed by atoms with Crippen LogP contribution in [0.4, 0.5) is 0 Å². The first kappa shape index (κ1) is 12.1. The smallest absolute Gasteiger partial charge is 0.231 e. The van der Waals surface area contributed by atoms with Crippen molar-refractivity contribution in [2.45, 2.75) is 32.1 Å². The number of hydrogen-bond donors (Lipinski definition) is 1. The molecule has 0 amide bonds. The average Bonchev–Trinajstić information content (AvgIpc) is 2.99. The Balaban J connectivity index is 2.14. The third kappa shape index (κ3) is 1.86. The maximum absolute atomic E-state index is 6.30. The first-order valence-corrected chi connectivity index (χ1v) is 6.89. The van der Waals surface area contributed by atoms with E-state index in [4.69, 9.17) is 21.1 Å². The van der Waals surface area contributed by atoms with Gasteiger partial charge in [0.25, 0.3) is 0 Å². The van der Waals surface area contributed by atoms with Gasteiger partial charge in [-0.25, -0.2) is 0 Å². The van der Waals surface area contributed by atoms with Crippen molar-refractivity contribution in [1.29, 1.82) is 0 Å². The predicted molar refractivity (Wildman–Crippen MR) is 71.9 cm³/mol. The predicted octanol–water partition coefficient (Wildman–Crippen LogP) is 3.27. The molecule has 3 nitrogen and oxygen atoms in total. The Bertz CT molecular complexity index is 467. The molecule has 0 bridgehead atoms. The van der Waals surface area contributed by atoms with E-state index in [1.807, 2.05) is 0 Å². The van der Waals surface area contributed by atoms with E-state index in [1.54, 1.807) is 0 Å². The maximum Gasteiger partial charge on any atom is 0.231 e. The van der Waals surface area contributed by atoms with Crippen molar-refractivity contribution in [1.82, 2.24) is 5.32 Å². The molecule has 2 heterocycles. The Morgan fingerprint density at radius 1 is 1.33 bits per heavy atom. The molecular formula is C14H18ClNO2. The van der Waals surface area contributed by atoms with Gasteiger partial charge in [0, 0.05) is 12.1 Å². The molecule has 1 N–H and O–H groups in total. The van der Waals surface area contributed by atoms with Crippen LogP contribution in [0.5, 0.6) is 11.5 Å². The maximum atomic E-state index is 6.30. The Hall–Kier alpha value is -0.930. The Kier molecular flexibility index (Phi) is 3.12. The quantitative estimate of drug-likeness (QED) is 0.892. The number of benzene rings is 1. The van der Waals surface area contributed by atoms with Crippen LogP contribution in [0.15, 0.2) is 6.07 Å². The number of rotatable bonds is 2. The fourth-order valence-corrected chi connectivity index (χ4v) is 3.18. The molecule has 0 saturated carbocycles. The molecule has 2 aliphatic rings. The first-order chi connectivity index (χ1) is 8.68. The summed E-state index contributed by atoms with van der Waals surface area (Å²) in [6, 6.07) is 2.07. The molecule has 1 fully saturated rings. The second kappa shape index (κ2) is 4.63. The Morgan fingerprint density at radius 3 is 2.78 bits per heavy atom. The van der Waals surface area contributed by atoms with Crippen molar-refractivity contribution in [3.63, 3.8) is 0 Å². The normalized spacial score (nSPS) is 21.9. The van der Waals surface area contributed by atoms with Crippen LogP contribution in [0, 0.1) is 0 Å². The zero-order chi connectivity index (χ0) is 12.7. The SMILES string of the molecule is CC(C)c1c(C2CCNC2)cc(Cl)c2c1OCO2. The number of nitrogens with one attached hydrogen (secondary N) is 1. The molecule has 1 aromatic rings. The standard InChI is InChI=1S/C14H18ClNO2/c1-8(2)12-10(9-3-4-16-6-9)5-11(15)13-14(12)18-7-17-13/h5,8-9,16H,3-4,6-7H2,1-2H3. The van der Waals surface area contributed by atoms with Crippen molar-refractivity contribution in [2.75, 3.05) is 19.9 Å². The lowest BCUT2D eigenvalue weighted by molar-refractivity contribution is 0.173. The molecule has 1 aromatic carbocycles. The van der Waals surface area contributed by atoms with Crippen molar-refractivity contribution in [2.24, 2.45) is 0 Å². The van der Waals surface area contributed by atoms with Gasteiger partial charge in [0.2, 0.25) is 6.79 Å². The monoisotopic (exact) mass is 267 g/mol. The highest BCUT2D eigenvalue weighted by Gasteiger charge is 2.30. The molecule has 1 atom stereocenters. The highest BCUT2D eigenvalue weighted by atomic mass is 35.5. The van der Waals surface area contributed by atoms with Crippen molar-refractivity contribution in [3.8, 4) is 11.5 Å². The zero-order valence-electron chi connectivity index (χ0n) is 10.8. The fourth-order valence-electron chi connectivity index (χ4n) is 2.92. The van der Waals surface area contributed by atoms with Gasteiger partial charge in [-0.3, -0.25) is 0 Å². The largest absolute Gasteiger partial charge is 0.453 e. The number of fused-ring (bicyclic) bond motifs is 1. The van der Waals surface area contributed by atoms with E-state index in [1.165, 1.54) is 11.1 Å². The first-order valence-electron chi connectivity index (χ1n) is 6.51. The molecule has 18 heavy (non-hydrogen) atoms. The summed E-state index contributed by atoms with van der Waals surface area (Å²) in [5, 5.41) is 4.08. The highest BCUT2D eigenvalue weighted by molar-refractivity contribution is 6.32.